The molecule has 0 fully saturated rings. The van der Waals surface area contributed by atoms with Crippen LogP contribution in [-0.4, -0.2) is 45.6 Å². The van der Waals surface area contributed by atoms with Crippen molar-refractivity contribution in [2.24, 2.45) is 0 Å². The molecule has 1 amide bonds. The maximum absolute atomic E-state index is 11.4. The minimum Gasteiger partial charge on any atom is -0.480 e. The first kappa shape index (κ1) is 12.2. The molecule has 1 aromatic rings. The molecule has 1 aromatic heterocycles. The summed E-state index contributed by atoms with van der Waals surface area (Å²) < 4.78 is 1.39. The second-order valence-electron chi connectivity index (χ2n) is 3.50. The highest BCUT2D eigenvalue weighted by Gasteiger charge is 2.22. The summed E-state index contributed by atoms with van der Waals surface area (Å²) in [7, 11) is 3.32. The Bertz CT molecular complexity index is 361. The third kappa shape index (κ3) is 3.35. The molecule has 0 aromatic carbocycles. The molecule has 0 radical (unpaired) electrons. The van der Waals surface area contributed by atoms with Crippen LogP contribution < -0.4 is 5.43 Å². The second-order valence-corrected chi connectivity index (χ2v) is 3.50. The fourth-order valence-corrected chi connectivity index (χ4v) is 1.24. The van der Waals surface area contributed by atoms with Gasteiger partial charge in [-0.3, -0.25) is 10.2 Å². The first-order chi connectivity index (χ1) is 7.50. The van der Waals surface area contributed by atoms with Crippen molar-refractivity contribution in [1.82, 2.24) is 20.0 Å². The van der Waals surface area contributed by atoms with E-state index in [2.05, 4.69) is 10.4 Å². The van der Waals surface area contributed by atoms with Crippen molar-refractivity contribution >= 4 is 11.9 Å². The molecule has 0 unspecified atom stereocenters. The number of hydrogen-bond acceptors (Lipinski definition) is 4. The van der Waals surface area contributed by atoms with Crippen LogP contribution in [0.4, 0.5) is 0 Å². The van der Waals surface area contributed by atoms with Gasteiger partial charge in [0.05, 0.1) is 12.7 Å². The van der Waals surface area contributed by atoms with E-state index in [0.717, 1.165) is 0 Å². The number of nitrogens with zero attached hydrogens (tertiary/aromatic N) is 3. The summed E-state index contributed by atoms with van der Waals surface area (Å²) in [4.78, 5) is 26.1. The van der Waals surface area contributed by atoms with Gasteiger partial charge in [-0.15, -0.1) is 0 Å². The summed E-state index contributed by atoms with van der Waals surface area (Å²) in [6.45, 7) is 0. The molecule has 0 saturated carbocycles. The highest BCUT2D eigenvalue weighted by Crippen LogP contribution is 2.10. The van der Waals surface area contributed by atoms with E-state index in [-0.39, 0.29) is 12.3 Å². The van der Waals surface area contributed by atoms with E-state index in [9.17, 15) is 9.59 Å². The van der Waals surface area contributed by atoms with Crippen molar-refractivity contribution in [3.05, 3.63) is 18.7 Å². The number of hydrazine groups is 1. The lowest BCUT2D eigenvalue weighted by Crippen LogP contribution is -2.38. The van der Waals surface area contributed by atoms with Crippen molar-refractivity contribution < 1.29 is 14.7 Å². The number of hydrogen-bond donors (Lipinski definition) is 2. The number of aliphatic carboxylic acids is 1. The van der Waals surface area contributed by atoms with Crippen LogP contribution in [0.15, 0.2) is 18.7 Å². The predicted molar refractivity (Wildman–Crippen MR) is 55.3 cm³/mol. The molecule has 0 saturated heterocycles. The van der Waals surface area contributed by atoms with Gasteiger partial charge in [-0.05, 0) is 0 Å². The Hall–Kier alpha value is -1.89. The topological polar surface area (TPSA) is 87.5 Å². The van der Waals surface area contributed by atoms with Gasteiger partial charge in [0.2, 0.25) is 5.91 Å². The van der Waals surface area contributed by atoms with Crippen molar-refractivity contribution in [1.29, 1.82) is 0 Å². The molecule has 0 aliphatic rings. The first-order valence-corrected chi connectivity index (χ1v) is 4.67. The number of carbonyl (C=O) groups excluding carboxylic acids is 1. The fraction of sp³-hybridized carbons (Fsp3) is 0.444. The molecular weight excluding hydrogens is 212 g/mol. The van der Waals surface area contributed by atoms with Crippen LogP contribution in [0.2, 0.25) is 0 Å². The maximum Gasteiger partial charge on any atom is 0.327 e. The van der Waals surface area contributed by atoms with Gasteiger partial charge in [-0.1, -0.05) is 0 Å². The first-order valence-electron chi connectivity index (χ1n) is 4.67. The van der Waals surface area contributed by atoms with Gasteiger partial charge >= 0.3 is 5.97 Å². The summed E-state index contributed by atoms with van der Waals surface area (Å²) in [6, 6.07) is -0.928. The molecule has 7 nitrogen and oxygen atoms in total. The normalized spacial score (nSPS) is 12.4. The lowest BCUT2D eigenvalue weighted by Gasteiger charge is -2.16. The molecule has 0 aliphatic heterocycles. The molecule has 2 N–H and O–H groups in total. The van der Waals surface area contributed by atoms with Gasteiger partial charge in [0.1, 0.15) is 6.04 Å². The fourth-order valence-electron chi connectivity index (χ4n) is 1.24. The largest absolute Gasteiger partial charge is 0.480 e. The molecular formula is C9H14N4O3. The number of imidazole rings is 1. The van der Waals surface area contributed by atoms with Gasteiger partial charge in [-0.2, -0.15) is 0 Å². The Morgan fingerprint density at radius 1 is 1.56 bits per heavy atom. The van der Waals surface area contributed by atoms with Gasteiger partial charge in [-0.25, -0.2) is 14.8 Å². The van der Waals surface area contributed by atoms with E-state index in [1.807, 2.05) is 0 Å². The van der Waals surface area contributed by atoms with E-state index in [0.29, 0.717) is 0 Å². The standard InChI is InChI=1S/C9H14N4O3/c1-12(2)11-8(14)5-7(9(15)16)13-4-3-10-6-13/h3-4,6-7H,5H2,1-2H3,(H,11,14)(H,15,16)/t7-/m1/s1. The predicted octanol–water partition coefficient (Wildman–Crippen LogP) is -0.508. The quantitative estimate of drug-likeness (QED) is 0.660. The monoisotopic (exact) mass is 226 g/mol. The number of rotatable bonds is 5. The molecule has 0 bridgehead atoms. The SMILES string of the molecule is CN(C)NC(=O)C[C@H](C(=O)O)n1ccnc1. The van der Waals surface area contributed by atoms with Crippen molar-refractivity contribution in [2.45, 2.75) is 12.5 Å². The summed E-state index contributed by atoms with van der Waals surface area (Å²) in [6.07, 6.45) is 4.23. The van der Waals surface area contributed by atoms with Crippen LogP contribution in [0.1, 0.15) is 12.5 Å². The molecule has 1 heterocycles. The van der Waals surface area contributed by atoms with Crippen LogP contribution in [0.25, 0.3) is 0 Å². The van der Waals surface area contributed by atoms with Crippen LogP contribution in [0, 0.1) is 0 Å². The second kappa shape index (κ2) is 5.26. The lowest BCUT2D eigenvalue weighted by molar-refractivity contribution is -0.143. The number of carboxylic acids is 1. The van der Waals surface area contributed by atoms with Gasteiger partial charge in [0.25, 0.3) is 0 Å². The molecule has 0 spiro atoms. The molecule has 0 aliphatic carbocycles. The van der Waals surface area contributed by atoms with Gasteiger partial charge in [0.15, 0.2) is 0 Å². The zero-order valence-corrected chi connectivity index (χ0v) is 9.12. The van der Waals surface area contributed by atoms with Gasteiger partial charge < -0.3 is 9.67 Å². The molecule has 1 rings (SSSR count). The zero-order chi connectivity index (χ0) is 12.1. The highest BCUT2D eigenvalue weighted by atomic mass is 16.4. The van der Waals surface area contributed by atoms with E-state index in [4.69, 9.17) is 5.11 Å². The number of amides is 1. The average Bonchev–Trinajstić information content (AvgIpc) is 2.64. The Balaban J connectivity index is 2.67. The number of nitrogens with one attached hydrogen (secondary N) is 1. The minimum absolute atomic E-state index is 0.135. The molecule has 16 heavy (non-hydrogen) atoms. The van der Waals surface area contributed by atoms with Crippen molar-refractivity contribution in [3.63, 3.8) is 0 Å². The summed E-state index contributed by atoms with van der Waals surface area (Å²) in [5, 5.41) is 10.5. The Morgan fingerprint density at radius 2 is 2.25 bits per heavy atom. The Labute approximate surface area is 92.7 Å². The summed E-state index contributed by atoms with van der Waals surface area (Å²) in [5.74, 6) is -1.42. The Morgan fingerprint density at radius 3 is 2.69 bits per heavy atom. The average molecular weight is 226 g/mol. The van der Waals surface area contributed by atoms with Gasteiger partial charge in [0, 0.05) is 26.5 Å². The number of aromatic nitrogens is 2. The maximum atomic E-state index is 11.4. The van der Waals surface area contributed by atoms with Crippen LogP contribution in [0.5, 0.6) is 0 Å². The smallest absolute Gasteiger partial charge is 0.327 e. The highest BCUT2D eigenvalue weighted by molar-refractivity contribution is 5.82. The van der Waals surface area contributed by atoms with Crippen LogP contribution in [0.3, 0.4) is 0 Å². The van der Waals surface area contributed by atoms with Crippen molar-refractivity contribution in [3.8, 4) is 0 Å². The van der Waals surface area contributed by atoms with E-state index < -0.39 is 12.0 Å². The molecule has 7 heteroatoms. The lowest BCUT2D eigenvalue weighted by atomic mass is 10.2. The summed E-state index contributed by atoms with van der Waals surface area (Å²) >= 11 is 0. The third-order valence-corrected chi connectivity index (χ3v) is 1.90. The van der Waals surface area contributed by atoms with E-state index >= 15 is 0 Å². The molecule has 88 valence electrons. The van der Waals surface area contributed by atoms with Crippen LogP contribution in [-0.2, 0) is 9.59 Å². The minimum atomic E-state index is -1.06. The Kier molecular flexibility index (Phi) is 4.01. The number of carbonyl (C=O) groups is 2. The van der Waals surface area contributed by atoms with Crippen LogP contribution >= 0.6 is 0 Å². The molecule has 1 atom stereocenters. The van der Waals surface area contributed by atoms with Crippen molar-refractivity contribution in [2.75, 3.05) is 14.1 Å². The third-order valence-electron chi connectivity index (χ3n) is 1.90. The summed E-state index contributed by atoms with van der Waals surface area (Å²) in [5.41, 5.74) is 2.49. The van der Waals surface area contributed by atoms with E-state index in [1.54, 1.807) is 14.1 Å². The van der Waals surface area contributed by atoms with E-state index in [1.165, 1.54) is 28.3 Å². The zero-order valence-electron chi connectivity index (χ0n) is 9.12. The number of carboxylic acid groups (broad SMARTS) is 1.